The molecule has 1 aliphatic rings. The molecule has 158 valence electrons. The van der Waals surface area contributed by atoms with Crippen molar-refractivity contribution >= 4 is 34.4 Å². The standard InChI is InChI=1S/C27H24N4O/c32-27(23(22-11-5-2-6-12-22)19-21-9-3-1-4-10-21)31-17-15-30(16-18-31)26-20-28-24-13-7-8-14-25(24)29-26/h1-14,19-20H,15-18H2/b23-19-. The lowest BCUT2D eigenvalue weighted by Gasteiger charge is -2.35. The quantitative estimate of drug-likeness (QED) is 0.360. The Labute approximate surface area is 187 Å². The second kappa shape index (κ2) is 9.02. The molecule has 5 rings (SSSR count). The number of para-hydroxylation sites is 2. The van der Waals surface area contributed by atoms with Crippen LogP contribution in [0.3, 0.4) is 0 Å². The summed E-state index contributed by atoms with van der Waals surface area (Å²) in [6.07, 6.45) is 3.81. The SMILES string of the molecule is O=C(/C(=C\c1ccccc1)c1ccccc1)N1CCN(c2cnc3ccccc3n2)CC1. The second-order valence-electron chi connectivity index (χ2n) is 7.83. The number of aromatic nitrogens is 2. The first-order chi connectivity index (χ1) is 15.8. The van der Waals surface area contributed by atoms with E-state index in [1.165, 1.54) is 0 Å². The average Bonchev–Trinajstić information content (AvgIpc) is 2.88. The highest BCUT2D eigenvalue weighted by Gasteiger charge is 2.25. The van der Waals surface area contributed by atoms with Crippen LogP contribution in [0.15, 0.2) is 91.1 Å². The van der Waals surface area contributed by atoms with E-state index in [0.29, 0.717) is 13.1 Å². The molecule has 0 radical (unpaired) electrons. The summed E-state index contributed by atoms with van der Waals surface area (Å²) in [5.41, 5.74) is 4.45. The van der Waals surface area contributed by atoms with E-state index >= 15 is 0 Å². The summed E-state index contributed by atoms with van der Waals surface area (Å²) < 4.78 is 0. The number of nitrogens with zero attached hydrogens (tertiary/aromatic N) is 4. The Kier molecular flexibility index (Phi) is 5.62. The van der Waals surface area contributed by atoms with Gasteiger partial charge in [0.25, 0.3) is 5.91 Å². The summed E-state index contributed by atoms with van der Waals surface area (Å²) in [5.74, 6) is 0.920. The summed E-state index contributed by atoms with van der Waals surface area (Å²) >= 11 is 0. The minimum absolute atomic E-state index is 0.0595. The highest BCUT2D eigenvalue weighted by molar-refractivity contribution is 6.24. The van der Waals surface area contributed by atoms with E-state index in [-0.39, 0.29) is 5.91 Å². The Morgan fingerprint density at radius 1 is 0.750 bits per heavy atom. The Morgan fingerprint density at radius 2 is 1.38 bits per heavy atom. The van der Waals surface area contributed by atoms with E-state index in [9.17, 15) is 4.79 Å². The van der Waals surface area contributed by atoms with Crippen molar-refractivity contribution in [2.75, 3.05) is 31.1 Å². The maximum Gasteiger partial charge on any atom is 0.254 e. The van der Waals surface area contributed by atoms with Crippen LogP contribution < -0.4 is 4.90 Å². The largest absolute Gasteiger partial charge is 0.352 e. The molecule has 0 bridgehead atoms. The zero-order valence-corrected chi connectivity index (χ0v) is 17.8. The minimum Gasteiger partial charge on any atom is -0.352 e. The van der Waals surface area contributed by atoms with Crippen molar-refractivity contribution in [3.8, 4) is 0 Å². The highest BCUT2D eigenvalue weighted by atomic mass is 16.2. The molecule has 4 aromatic rings. The lowest BCUT2D eigenvalue weighted by molar-refractivity contribution is -0.125. The van der Waals surface area contributed by atoms with Gasteiger partial charge >= 0.3 is 0 Å². The number of hydrogen-bond donors (Lipinski definition) is 0. The summed E-state index contributed by atoms with van der Waals surface area (Å²) in [6.45, 7) is 2.75. The first-order valence-corrected chi connectivity index (χ1v) is 10.9. The van der Waals surface area contributed by atoms with Gasteiger partial charge in [-0.2, -0.15) is 0 Å². The van der Waals surface area contributed by atoms with Crippen LogP contribution in [0.4, 0.5) is 5.82 Å². The van der Waals surface area contributed by atoms with Crippen LogP contribution in [0, 0.1) is 0 Å². The monoisotopic (exact) mass is 420 g/mol. The lowest BCUT2D eigenvalue weighted by Crippen LogP contribution is -2.49. The molecule has 1 saturated heterocycles. The van der Waals surface area contributed by atoms with Gasteiger partial charge in [-0.15, -0.1) is 0 Å². The van der Waals surface area contributed by atoms with Crippen LogP contribution in [0.25, 0.3) is 22.7 Å². The predicted molar refractivity (Wildman–Crippen MR) is 129 cm³/mol. The van der Waals surface area contributed by atoms with E-state index in [1.54, 1.807) is 0 Å². The highest BCUT2D eigenvalue weighted by Crippen LogP contribution is 2.23. The van der Waals surface area contributed by atoms with Gasteiger partial charge in [-0.05, 0) is 29.3 Å². The first-order valence-electron chi connectivity index (χ1n) is 10.9. The third kappa shape index (κ3) is 4.23. The number of carbonyl (C=O) groups is 1. The van der Waals surface area contributed by atoms with E-state index < -0.39 is 0 Å². The molecular weight excluding hydrogens is 396 g/mol. The lowest BCUT2D eigenvalue weighted by atomic mass is 10.0. The zero-order chi connectivity index (χ0) is 21.8. The zero-order valence-electron chi connectivity index (χ0n) is 17.8. The van der Waals surface area contributed by atoms with Gasteiger partial charge in [0.1, 0.15) is 5.82 Å². The van der Waals surface area contributed by atoms with Gasteiger partial charge in [-0.1, -0.05) is 72.8 Å². The Balaban J connectivity index is 1.35. The Bertz CT molecular complexity index is 1250. The fourth-order valence-corrected chi connectivity index (χ4v) is 4.01. The minimum atomic E-state index is 0.0595. The molecule has 0 N–H and O–H groups in total. The molecule has 0 saturated carbocycles. The van der Waals surface area contributed by atoms with E-state index in [4.69, 9.17) is 4.98 Å². The molecule has 3 aromatic carbocycles. The number of rotatable bonds is 4. The molecule has 2 heterocycles. The number of benzene rings is 3. The summed E-state index contributed by atoms with van der Waals surface area (Å²) in [4.78, 5) is 27.0. The third-order valence-corrected chi connectivity index (χ3v) is 5.75. The van der Waals surface area contributed by atoms with Gasteiger partial charge < -0.3 is 9.80 Å². The third-order valence-electron chi connectivity index (χ3n) is 5.75. The fraction of sp³-hybridized carbons (Fsp3) is 0.148. The van der Waals surface area contributed by atoms with Crippen molar-refractivity contribution in [3.63, 3.8) is 0 Å². The van der Waals surface area contributed by atoms with Crippen LogP contribution >= 0.6 is 0 Å². The number of amides is 1. The van der Waals surface area contributed by atoms with Gasteiger partial charge in [0.2, 0.25) is 0 Å². The maximum absolute atomic E-state index is 13.5. The number of anilines is 1. The topological polar surface area (TPSA) is 49.3 Å². The normalized spacial score (nSPS) is 14.6. The first kappa shape index (κ1) is 19.9. The smallest absolute Gasteiger partial charge is 0.254 e. The molecule has 5 heteroatoms. The van der Waals surface area contributed by atoms with Gasteiger partial charge in [-0.3, -0.25) is 9.78 Å². The summed E-state index contributed by atoms with van der Waals surface area (Å²) in [7, 11) is 0. The van der Waals surface area contributed by atoms with Gasteiger partial charge in [-0.25, -0.2) is 4.98 Å². The molecule has 1 aromatic heterocycles. The van der Waals surface area contributed by atoms with Crippen molar-refractivity contribution in [2.45, 2.75) is 0 Å². The van der Waals surface area contributed by atoms with E-state index in [0.717, 1.165) is 46.6 Å². The number of carbonyl (C=O) groups excluding carboxylic acids is 1. The molecule has 0 spiro atoms. The Morgan fingerprint density at radius 3 is 2.09 bits per heavy atom. The molecule has 0 unspecified atom stereocenters. The average molecular weight is 421 g/mol. The molecule has 32 heavy (non-hydrogen) atoms. The molecule has 0 aliphatic carbocycles. The van der Waals surface area contributed by atoms with Gasteiger partial charge in [0, 0.05) is 31.8 Å². The maximum atomic E-state index is 13.5. The van der Waals surface area contributed by atoms with Crippen molar-refractivity contribution in [1.82, 2.24) is 14.9 Å². The molecule has 0 atom stereocenters. The van der Waals surface area contributed by atoms with Crippen molar-refractivity contribution in [3.05, 3.63) is 102 Å². The van der Waals surface area contributed by atoms with Crippen molar-refractivity contribution < 1.29 is 4.79 Å². The van der Waals surface area contributed by atoms with E-state index in [1.807, 2.05) is 102 Å². The van der Waals surface area contributed by atoms with Crippen LogP contribution in [0.5, 0.6) is 0 Å². The molecule has 5 nitrogen and oxygen atoms in total. The van der Waals surface area contributed by atoms with Gasteiger partial charge in [0.05, 0.1) is 17.2 Å². The number of piperazine rings is 1. The fourth-order valence-electron chi connectivity index (χ4n) is 4.01. The van der Waals surface area contributed by atoms with Crippen molar-refractivity contribution in [2.24, 2.45) is 0 Å². The Hall–Kier alpha value is -3.99. The number of fused-ring (bicyclic) bond motifs is 1. The van der Waals surface area contributed by atoms with Crippen LogP contribution in [0.2, 0.25) is 0 Å². The van der Waals surface area contributed by atoms with Crippen LogP contribution in [-0.2, 0) is 4.79 Å². The van der Waals surface area contributed by atoms with Crippen molar-refractivity contribution in [1.29, 1.82) is 0 Å². The molecule has 1 aliphatic heterocycles. The van der Waals surface area contributed by atoms with E-state index in [2.05, 4.69) is 9.88 Å². The second-order valence-corrected chi connectivity index (χ2v) is 7.83. The predicted octanol–water partition coefficient (Wildman–Crippen LogP) is 4.52. The molecular formula is C27H24N4O. The summed E-state index contributed by atoms with van der Waals surface area (Å²) in [5, 5.41) is 0. The molecule has 1 amide bonds. The van der Waals surface area contributed by atoms with Crippen LogP contribution in [-0.4, -0.2) is 47.0 Å². The number of hydrogen-bond acceptors (Lipinski definition) is 4. The van der Waals surface area contributed by atoms with Gasteiger partial charge in [0.15, 0.2) is 0 Å². The molecule has 1 fully saturated rings. The van der Waals surface area contributed by atoms with Crippen LogP contribution in [0.1, 0.15) is 11.1 Å². The summed E-state index contributed by atoms with van der Waals surface area (Å²) in [6, 6.07) is 27.8.